The number of methoxy groups -OCH3 is 1. The number of anilines is 1. The van der Waals surface area contributed by atoms with Gasteiger partial charge in [0.15, 0.2) is 12.4 Å². The maximum atomic E-state index is 14.0. The van der Waals surface area contributed by atoms with Crippen molar-refractivity contribution in [2.24, 2.45) is 9.94 Å². The lowest BCUT2D eigenvalue weighted by Crippen LogP contribution is -2.33. The lowest BCUT2D eigenvalue weighted by Gasteiger charge is -2.29. The van der Waals surface area contributed by atoms with Crippen molar-refractivity contribution in [3.8, 4) is 5.75 Å². The fraction of sp³-hybridized carbons (Fsp3) is 0.516. The Morgan fingerprint density at radius 2 is 1.82 bits per heavy atom. The van der Waals surface area contributed by atoms with Crippen molar-refractivity contribution in [3.05, 3.63) is 59.2 Å². The highest BCUT2D eigenvalue weighted by Crippen LogP contribution is 2.42. The van der Waals surface area contributed by atoms with E-state index in [2.05, 4.69) is 62.9 Å². The van der Waals surface area contributed by atoms with E-state index in [-0.39, 0.29) is 29.6 Å². The summed E-state index contributed by atoms with van der Waals surface area (Å²) < 4.78 is 15.8. The van der Waals surface area contributed by atoms with Crippen LogP contribution in [0.2, 0.25) is 0 Å². The lowest BCUT2D eigenvalue weighted by atomic mass is 9.84. The first-order chi connectivity index (χ1) is 19.1. The Kier molecular flexibility index (Phi) is 9.90. The smallest absolute Gasteiger partial charge is 0.341 e. The number of ether oxygens (including phenoxy) is 2. The molecule has 0 spiro atoms. The number of carboxylic acids is 1. The first-order valence-corrected chi connectivity index (χ1v) is 14.6. The van der Waals surface area contributed by atoms with Gasteiger partial charge < -0.3 is 24.4 Å². The van der Waals surface area contributed by atoms with E-state index in [0.29, 0.717) is 24.5 Å². The van der Waals surface area contributed by atoms with Gasteiger partial charge in [-0.3, -0.25) is 4.79 Å². The van der Waals surface area contributed by atoms with Crippen LogP contribution in [0.25, 0.3) is 0 Å². The zero-order valence-corrected chi connectivity index (χ0v) is 25.4. The van der Waals surface area contributed by atoms with Gasteiger partial charge >= 0.3 is 5.97 Å². The molecule has 2 aromatic rings. The summed E-state index contributed by atoms with van der Waals surface area (Å²) in [5, 5.41) is 9.33. The molecule has 40 heavy (non-hydrogen) atoms. The Morgan fingerprint density at radius 1 is 1.12 bits per heavy atom. The van der Waals surface area contributed by atoms with Gasteiger partial charge in [-0.2, -0.15) is 4.02 Å². The van der Waals surface area contributed by atoms with E-state index in [0.717, 1.165) is 49.4 Å². The number of carboxylic acid groups (broad SMARTS) is 1. The second-order valence-corrected chi connectivity index (χ2v) is 12.0. The molecule has 2 aliphatic rings. The number of aliphatic carboxylic acids is 1. The standard InChI is InChI=1S/C31H40BrN3O5/c1-31(2,3)24-16-23(17-25(34-13-8-9-14-34)29(24)40-20-27(37)38)26(36)19-35-18-22(12-15-39-4)28(30(35)33-32)21-10-6-5-7-11-21/h5-7,10-11,16-17,22,28H,8-9,12-15,18-20H2,1-4H3,(H,37,38)/t22-,28+/m0/s1. The average molecular weight is 615 g/mol. The molecule has 0 bridgehead atoms. The average Bonchev–Trinajstić information content (AvgIpc) is 3.58. The van der Waals surface area contributed by atoms with Crippen LogP contribution in [0.15, 0.2) is 46.5 Å². The van der Waals surface area contributed by atoms with E-state index in [1.54, 1.807) is 7.11 Å². The third kappa shape index (κ3) is 6.86. The summed E-state index contributed by atoms with van der Waals surface area (Å²) in [5.41, 5.74) is 3.03. The number of carbonyl (C=O) groups excluding carboxylic acids is 1. The van der Waals surface area contributed by atoms with Gasteiger partial charge in [0.05, 0.1) is 28.4 Å². The molecule has 0 unspecified atom stereocenters. The molecule has 2 atom stereocenters. The Bertz CT molecular complexity index is 1220. The summed E-state index contributed by atoms with van der Waals surface area (Å²) in [7, 11) is 1.71. The molecule has 0 amide bonds. The summed E-state index contributed by atoms with van der Waals surface area (Å²) in [6, 6.07) is 14.1. The van der Waals surface area contributed by atoms with Crippen LogP contribution in [0.4, 0.5) is 5.69 Å². The molecule has 2 aliphatic heterocycles. The Labute approximate surface area is 245 Å². The van der Waals surface area contributed by atoms with E-state index in [9.17, 15) is 14.7 Å². The number of hydrogen-bond acceptors (Lipinski definition) is 6. The molecule has 0 aromatic heterocycles. The van der Waals surface area contributed by atoms with Crippen LogP contribution in [0, 0.1) is 5.92 Å². The van der Waals surface area contributed by atoms with Crippen LogP contribution in [-0.2, 0) is 14.9 Å². The second kappa shape index (κ2) is 13.2. The summed E-state index contributed by atoms with van der Waals surface area (Å²) >= 11 is 3.36. The highest BCUT2D eigenvalue weighted by atomic mass is 79.9. The van der Waals surface area contributed by atoms with E-state index < -0.39 is 12.6 Å². The topological polar surface area (TPSA) is 91.7 Å². The minimum absolute atomic E-state index is 0.0106. The molecule has 216 valence electrons. The maximum absolute atomic E-state index is 14.0. The van der Waals surface area contributed by atoms with Gasteiger partial charge in [-0.05, 0) is 48.3 Å². The quantitative estimate of drug-likeness (QED) is 0.325. The number of benzene rings is 2. The first kappa shape index (κ1) is 30.1. The molecule has 8 nitrogen and oxygen atoms in total. The predicted octanol–water partition coefficient (Wildman–Crippen LogP) is 5.69. The molecular formula is C31H40BrN3O5. The SMILES string of the molecule is COCC[C@H]1CN(CC(=O)c2cc(N3CCCC3)c(OCC(=O)O)c(C(C)(C)C)c2)C(=NBr)[C@@H]1c1ccccc1. The molecule has 2 fully saturated rings. The number of amidine groups is 1. The van der Waals surface area contributed by atoms with Crippen LogP contribution in [0.3, 0.4) is 0 Å². The minimum Gasteiger partial charge on any atom is -0.479 e. The van der Waals surface area contributed by atoms with Crippen molar-refractivity contribution in [1.82, 2.24) is 4.90 Å². The van der Waals surface area contributed by atoms with Crippen LogP contribution < -0.4 is 9.64 Å². The molecule has 2 aromatic carbocycles. The highest BCUT2D eigenvalue weighted by Gasteiger charge is 2.40. The van der Waals surface area contributed by atoms with Crippen molar-refractivity contribution in [2.75, 3.05) is 51.4 Å². The maximum Gasteiger partial charge on any atom is 0.341 e. The van der Waals surface area contributed by atoms with E-state index >= 15 is 0 Å². The van der Waals surface area contributed by atoms with Crippen molar-refractivity contribution in [3.63, 3.8) is 0 Å². The Morgan fingerprint density at radius 3 is 2.42 bits per heavy atom. The van der Waals surface area contributed by atoms with Crippen LogP contribution in [0.1, 0.15) is 67.4 Å². The fourth-order valence-corrected chi connectivity index (χ4v) is 6.27. The van der Waals surface area contributed by atoms with Crippen molar-refractivity contribution >= 4 is 39.4 Å². The molecule has 2 heterocycles. The first-order valence-electron chi connectivity index (χ1n) is 13.9. The van der Waals surface area contributed by atoms with E-state index in [1.165, 1.54) is 5.56 Å². The van der Waals surface area contributed by atoms with Crippen molar-refractivity contribution in [2.45, 2.75) is 51.4 Å². The third-order valence-electron chi connectivity index (χ3n) is 7.79. The van der Waals surface area contributed by atoms with Gasteiger partial charge in [-0.1, -0.05) is 51.1 Å². The summed E-state index contributed by atoms with van der Waals surface area (Å²) in [6.07, 6.45) is 2.95. The van der Waals surface area contributed by atoms with E-state index in [1.807, 2.05) is 30.3 Å². The fourth-order valence-electron chi connectivity index (χ4n) is 5.82. The number of ketones is 1. The van der Waals surface area contributed by atoms with Crippen LogP contribution in [0.5, 0.6) is 5.75 Å². The molecule has 4 rings (SSSR count). The lowest BCUT2D eigenvalue weighted by molar-refractivity contribution is -0.139. The highest BCUT2D eigenvalue weighted by molar-refractivity contribution is 9.08. The molecule has 0 saturated carbocycles. The normalized spacial score (nSPS) is 20.4. The number of rotatable bonds is 11. The van der Waals surface area contributed by atoms with Gasteiger partial charge in [0.1, 0.15) is 11.6 Å². The molecule has 0 radical (unpaired) electrons. The number of Topliss-reactive ketones (excluding diaryl/α,β-unsaturated/α-hetero) is 1. The third-order valence-corrected chi connectivity index (χ3v) is 8.15. The molecule has 9 heteroatoms. The molecule has 0 aliphatic carbocycles. The van der Waals surface area contributed by atoms with Gasteiger partial charge in [0, 0.05) is 50.4 Å². The Balaban J connectivity index is 1.69. The Hall–Kier alpha value is -2.91. The summed E-state index contributed by atoms with van der Waals surface area (Å²) in [6.45, 7) is 8.95. The van der Waals surface area contributed by atoms with Crippen molar-refractivity contribution < 1.29 is 24.2 Å². The predicted molar refractivity (Wildman–Crippen MR) is 161 cm³/mol. The number of nitrogens with zero attached hydrogens (tertiary/aromatic N) is 3. The largest absolute Gasteiger partial charge is 0.479 e. The van der Waals surface area contributed by atoms with Crippen molar-refractivity contribution in [1.29, 1.82) is 0 Å². The number of hydrogen-bond donors (Lipinski definition) is 1. The number of halogens is 1. The van der Waals surface area contributed by atoms with Gasteiger partial charge in [0.25, 0.3) is 0 Å². The zero-order valence-electron chi connectivity index (χ0n) is 23.9. The summed E-state index contributed by atoms with van der Waals surface area (Å²) in [5.74, 6) is 0.672. The molecule has 1 N–H and O–H groups in total. The van der Waals surface area contributed by atoms with E-state index in [4.69, 9.17) is 9.47 Å². The van der Waals surface area contributed by atoms with Crippen LogP contribution in [-0.4, -0.2) is 74.1 Å². The monoisotopic (exact) mass is 613 g/mol. The molecular weight excluding hydrogens is 574 g/mol. The van der Waals surface area contributed by atoms with Gasteiger partial charge in [0.2, 0.25) is 0 Å². The van der Waals surface area contributed by atoms with Gasteiger partial charge in [-0.15, -0.1) is 0 Å². The van der Waals surface area contributed by atoms with Gasteiger partial charge in [-0.25, -0.2) is 4.79 Å². The molecule has 2 saturated heterocycles. The second-order valence-electron chi connectivity index (χ2n) is 11.7. The van der Waals surface area contributed by atoms with Crippen LogP contribution >= 0.6 is 16.1 Å². The zero-order chi connectivity index (χ0) is 28.9. The minimum atomic E-state index is -1.03. The summed E-state index contributed by atoms with van der Waals surface area (Å²) in [4.78, 5) is 29.6. The number of likely N-dealkylation sites (tertiary alicyclic amines) is 1. The number of carbonyl (C=O) groups is 2.